The van der Waals surface area contributed by atoms with Crippen molar-refractivity contribution in [3.8, 4) is 0 Å². The number of benzene rings is 1. The zero-order valence-corrected chi connectivity index (χ0v) is 20.1. The number of hydrogen-bond donors (Lipinski definition) is 0. The molecule has 1 unspecified atom stereocenters. The first kappa shape index (κ1) is 25.1. The highest BCUT2D eigenvalue weighted by molar-refractivity contribution is 5.31. The van der Waals surface area contributed by atoms with E-state index in [9.17, 15) is 0 Å². The fraction of sp³-hybridized carbons (Fsp3) is 0.750. The van der Waals surface area contributed by atoms with Gasteiger partial charge < -0.3 is 0 Å². The number of hydrogen-bond acceptors (Lipinski definition) is 4. The van der Waals surface area contributed by atoms with Crippen LogP contribution in [0.4, 0.5) is 0 Å². The van der Waals surface area contributed by atoms with E-state index in [1.165, 1.54) is 0 Å². The van der Waals surface area contributed by atoms with Crippen LogP contribution in [0, 0.1) is 5.41 Å². The molecule has 1 atom stereocenters. The third-order valence-corrected chi connectivity index (χ3v) is 4.69. The molecule has 162 valence electrons. The summed E-state index contributed by atoms with van der Waals surface area (Å²) < 4.78 is 0. The summed E-state index contributed by atoms with van der Waals surface area (Å²) in [5, 5.41) is 0. The fourth-order valence-electron chi connectivity index (χ4n) is 3.01. The van der Waals surface area contributed by atoms with Crippen LogP contribution in [0.2, 0.25) is 0 Å². The van der Waals surface area contributed by atoms with Crippen molar-refractivity contribution in [3.63, 3.8) is 0 Å². The lowest BCUT2D eigenvalue weighted by atomic mass is 9.70. The van der Waals surface area contributed by atoms with Crippen molar-refractivity contribution in [1.29, 1.82) is 0 Å². The lowest BCUT2D eigenvalue weighted by molar-refractivity contribution is -0.428. The molecule has 1 rings (SSSR count). The molecule has 0 aliphatic carbocycles. The molecule has 1 aromatic carbocycles. The second-order valence-corrected chi connectivity index (χ2v) is 11.1. The van der Waals surface area contributed by atoms with Gasteiger partial charge in [-0.25, -0.2) is 19.6 Å². The average Bonchev–Trinajstić information content (AvgIpc) is 2.52. The minimum Gasteiger partial charge on any atom is -0.230 e. The second-order valence-electron chi connectivity index (χ2n) is 11.1. The highest BCUT2D eigenvalue weighted by Gasteiger charge is 2.45. The van der Waals surface area contributed by atoms with E-state index in [1.807, 2.05) is 55.4 Å². The van der Waals surface area contributed by atoms with Crippen LogP contribution >= 0.6 is 0 Å². The Balaban J connectivity index is 3.21. The maximum atomic E-state index is 6.16. The maximum absolute atomic E-state index is 6.16. The third-order valence-electron chi connectivity index (χ3n) is 4.69. The molecule has 0 saturated carbocycles. The van der Waals surface area contributed by atoms with Crippen LogP contribution in [0.25, 0.3) is 0 Å². The van der Waals surface area contributed by atoms with Gasteiger partial charge in [-0.05, 0) is 78.4 Å². The summed E-state index contributed by atoms with van der Waals surface area (Å²) in [6.07, 6.45) is 0.791. The Labute approximate surface area is 172 Å². The van der Waals surface area contributed by atoms with Crippen LogP contribution in [0.15, 0.2) is 24.3 Å². The molecule has 0 spiro atoms. The molecule has 0 fully saturated rings. The van der Waals surface area contributed by atoms with Gasteiger partial charge in [0.25, 0.3) is 0 Å². The van der Waals surface area contributed by atoms with Gasteiger partial charge in [-0.3, -0.25) is 0 Å². The van der Waals surface area contributed by atoms with E-state index in [1.54, 1.807) is 0 Å². The molecule has 4 nitrogen and oxygen atoms in total. The van der Waals surface area contributed by atoms with Gasteiger partial charge in [0.05, 0.1) is 11.2 Å². The predicted octanol–water partition coefficient (Wildman–Crippen LogP) is 7.07. The fourth-order valence-corrected chi connectivity index (χ4v) is 3.01. The SMILES string of the molecule is CCC(OOC(C)(C)C)(c1ccc(C(C)(C)OOC(C)(C)C)cc1)C(C)(C)C. The minimum absolute atomic E-state index is 0.157. The van der Waals surface area contributed by atoms with Crippen LogP contribution < -0.4 is 0 Å². The van der Waals surface area contributed by atoms with Gasteiger partial charge in [0.2, 0.25) is 0 Å². The van der Waals surface area contributed by atoms with Crippen LogP contribution in [-0.4, -0.2) is 11.2 Å². The summed E-state index contributed by atoms with van der Waals surface area (Å²) in [5.74, 6) is 0. The van der Waals surface area contributed by atoms with Crippen LogP contribution in [-0.2, 0) is 30.8 Å². The molecule has 0 radical (unpaired) electrons. The van der Waals surface area contributed by atoms with Gasteiger partial charge in [-0.15, -0.1) is 0 Å². The molecule has 0 amide bonds. The smallest absolute Gasteiger partial charge is 0.133 e. The zero-order chi connectivity index (χ0) is 22.0. The van der Waals surface area contributed by atoms with Crippen molar-refractivity contribution in [2.45, 2.75) is 112 Å². The summed E-state index contributed by atoms with van der Waals surface area (Å²) in [6, 6.07) is 8.38. The van der Waals surface area contributed by atoms with E-state index in [4.69, 9.17) is 19.6 Å². The van der Waals surface area contributed by atoms with Gasteiger partial charge in [-0.1, -0.05) is 52.0 Å². The van der Waals surface area contributed by atoms with Crippen molar-refractivity contribution in [3.05, 3.63) is 35.4 Å². The predicted molar refractivity (Wildman–Crippen MR) is 115 cm³/mol. The first-order valence-electron chi connectivity index (χ1n) is 10.3. The van der Waals surface area contributed by atoms with Crippen molar-refractivity contribution in [1.82, 2.24) is 0 Å². The molecular formula is C24H42O4. The summed E-state index contributed by atoms with van der Waals surface area (Å²) in [6.45, 7) is 24.6. The van der Waals surface area contributed by atoms with Gasteiger partial charge >= 0.3 is 0 Å². The van der Waals surface area contributed by atoms with Crippen molar-refractivity contribution in [2.24, 2.45) is 5.41 Å². The summed E-state index contributed by atoms with van der Waals surface area (Å²) in [7, 11) is 0. The Morgan fingerprint density at radius 1 is 0.571 bits per heavy atom. The molecule has 0 bridgehead atoms. The molecule has 1 aromatic rings. The molecule has 0 saturated heterocycles. The second kappa shape index (κ2) is 8.43. The molecule has 0 N–H and O–H groups in total. The molecule has 4 heteroatoms. The zero-order valence-electron chi connectivity index (χ0n) is 20.1. The normalized spacial score (nSPS) is 16.1. The van der Waals surface area contributed by atoms with Crippen molar-refractivity contribution < 1.29 is 19.6 Å². The molecule has 0 aromatic heterocycles. The summed E-state index contributed by atoms with van der Waals surface area (Å²) in [5.41, 5.74) is 0.0940. The highest BCUT2D eigenvalue weighted by atomic mass is 17.2. The van der Waals surface area contributed by atoms with Crippen LogP contribution in [0.3, 0.4) is 0 Å². The maximum Gasteiger partial charge on any atom is 0.133 e. The lowest BCUT2D eigenvalue weighted by Gasteiger charge is -2.44. The van der Waals surface area contributed by atoms with Gasteiger partial charge in [0.1, 0.15) is 11.2 Å². The van der Waals surface area contributed by atoms with E-state index in [2.05, 4.69) is 52.0 Å². The Morgan fingerprint density at radius 2 is 0.964 bits per heavy atom. The largest absolute Gasteiger partial charge is 0.230 e. The summed E-state index contributed by atoms with van der Waals surface area (Å²) in [4.78, 5) is 23.2. The van der Waals surface area contributed by atoms with E-state index in [0.717, 1.165) is 17.5 Å². The van der Waals surface area contributed by atoms with E-state index in [0.29, 0.717) is 0 Å². The molecular weight excluding hydrogens is 352 g/mol. The van der Waals surface area contributed by atoms with Crippen LogP contribution in [0.1, 0.15) is 101 Å². The van der Waals surface area contributed by atoms with Crippen LogP contribution in [0.5, 0.6) is 0 Å². The highest BCUT2D eigenvalue weighted by Crippen LogP contribution is 2.46. The Kier molecular flexibility index (Phi) is 7.56. The average molecular weight is 395 g/mol. The van der Waals surface area contributed by atoms with Gasteiger partial charge in [0.15, 0.2) is 0 Å². The first-order chi connectivity index (χ1) is 12.4. The van der Waals surface area contributed by atoms with Crippen molar-refractivity contribution in [2.75, 3.05) is 0 Å². The van der Waals surface area contributed by atoms with Crippen molar-refractivity contribution >= 4 is 0 Å². The Bertz CT molecular complexity index is 612. The van der Waals surface area contributed by atoms with E-state index < -0.39 is 11.2 Å². The third kappa shape index (κ3) is 6.55. The Morgan fingerprint density at radius 3 is 1.32 bits per heavy atom. The monoisotopic (exact) mass is 394 g/mol. The summed E-state index contributed by atoms with van der Waals surface area (Å²) >= 11 is 0. The molecule has 0 aliphatic heterocycles. The number of rotatable bonds is 7. The Hall–Kier alpha value is -0.940. The van der Waals surface area contributed by atoms with E-state index >= 15 is 0 Å². The topological polar surface area (TPSA) is 36.9 Å². The molecule has 0 heterocycles. The first-order valence-corrected chi connectivity index (χ1v) is 10.3. The lowest BCUT2D eigenvalue weighted by Crippen LogP contribution is -2.44. The van der Waals surface area contributed by atoms with Gasteiger partial charge in [0, 0.05) is 0 Å². The standard InChI is InChI=1S/C24H42O4/c1-13-24(20(2,3)4,28-26-22(8,9)10)19-16-14-18(15-17-19)23(11,12)27-25-21(5,6)7/h14-17H,13H2,1-12H3. The quantitative estimate of drug-likeness (QED) is 0.366. The minimum atomic E-state index is -0.564. The molecule has 28 heavy (non-hydrogen) atoms. The van der Waals surface area contributed by atoms with E-state index in [-0.39, 0.29) is 16.6 Å². The van der Waals surface area contributed by atoms with Gasteiger partial charge in [-0.2, -0.15) is 0 Å². The molecule has 0 aliphatic rings.